The summed E-state index contributed by atoms with van der Waals surface area (Å²) in [6.07, 6.45) is -4.75. The number of nitrogens with one attached hydrogen (secondary N) is 1. The number of H-pyrrole nitrogens is 1. The molecule has 1 aliphatic carbocycles. The summed E-state index contributed by atoms with van der Waals surface area (Å²) in [5.41, 5.74) is 1.31. The molecule has 0 bridgehead atoms. The number of morpholine rings is 1. The van der Waals surface area contributed by atoms with E-state index in [-0.39, 0.29) is 44.0 Å². The first-order valence-electron chi connectivity index (χ1n) is 12.3. The van der Waals surface area contributed by atoms with E-state index < -0.39 is 30.1 Å². The third-order valence-electron chi connectivity index (χ3n) is 7.67. The van der Waals surface area contributed by atoms with Gasteiger partial charge in [-0.05, 0) is 25.1 Å². The molecule has 1 saturated heterocycles. The van der Waals surface area contributed by atoms with E-state index in [0.717, 1.165) is 5.52 Å². The van der Waals surface area contributed by atoms with E-state index in [2.05, 4.69) is 21.8 Å². The summed E-state index contributed by atoms with van der Waals surface area (Å²) in [7, 11) is 0. The van der Waals surface area contributed by atoms with Crippen LogP contribution in [0.1, 0.15) is 25.3 Å². The second-order valence-electron chi connectivity index (χ2n) is 10.1. The van der Waals surface area contributed by atoms with Crippen LogP contribution in [0.25, 0.3) is 11.0 Å². The molecule has 1 saturated carbocycles. The summed E-state index contributed by atoms with van der Waals surface area (Å²) >= 11 is 0. The van der Waals surface area contributed by atoms with Crippen molar-refractivity contribution in [3.8, 4) is 5.88 Å². The molecule has 1 N–H and O–H groups in total. The fourth-order valence-corrected chi connectivity index (χ4v) is 5.74. The molecule has 0 unspecified atom stereocenters. The normalized spacial score (nSPS) is 27.1. The van der Waals surface area contributed by atoms with Crippen LogP contribution in [-0.2, 0) is 14.9 Å². The highest BCUT2D eigenvalue weighted by molar-refractivity contribution is 6.09. The van der Waals surface area contributed by atoms with Gasteiger partial charge >= 0.3 is 6.18 Å². The summed E-state index contributed by atoms with van der Waals surface area (Å²) in [5.74, 6) is -0.439. The molecule has 1 amide bonds. The van der Waals surface area contributed by atoms with Crippen molar-refractivity contribution >= 4 is 22.6 Å². The predicted octanol–water partition coefficient (Wildman–Crippen LogP) is 4.09. The zero-order valence-electron chi connectivity index (χ0n) is 20.5. The van der Waals surface area contributed by atoms with Gasteiger partial charge in [0.25, 0.3) is 0 Å². The number of fused-ring (bicyclic) bond motifs is 3. The van der Waals surface area contributed by atoms with Crippen LogP contribution in [0.3, 0.4) is 0 Å². The van der Waals surface area contributed by atoms with E-state index in [4.69, 9.17) is 9.47 Å². The molecule has 4 heterocycles. The first-order chi connectivity index (χ1) is 18.1. The molecule has 1 aromatic carbocycles. The van der Waals surface area contributed by atoms with Crippen LogP contribution >= 0.6 is 0 Å². The molecular weight excluding hydrogens is 506 g/mol. The van der Waals surface area contributed by atoms with Crippen molar-refractivity contribution in [3.63, 3.8) is 0 Å². The first kappa shape index (κ1) is 24.7. The number of ether oxygens (including phenoxy) is 2. The Hall–Kier alpha value is -3.67. The third kappa shape index (κ3) is 3.89. The smallest absolute Gasteiger partial charge is 0.416 e. The lowest BCUT2D eigenvalue weighted by molar-refractivity contribution is -0.240. The van der Waals surface area contributed by atoms with Crippen LogP contribution < -0.4 is 9.64 Å². The Balaban J connectivity index is 1.21. The van der Waals surface area contributed by atoms with Crippen molar-refractivity contribution in [1.82, 2.24) is 20.1 Å². The molecule has 6 rings (SSSR count). The number of pyridine rings is 1. The monoisotopic (exact) mass is 531 g/mol. The Kier molecular flexibility index (Phi) is 5.64. The van der Waals surface area contributed by atoms with Gasteiger partial charge in [0.1, 0.15) is 17.4 Å². The number of hydrogen-bond acceptors (Lipinski definition) is 6. The number of carbonyl (C=O) groups is 1. The van der Waals surface area contributed by atoms with Crippen molar-refractivity contribution in [2.45, 2.75) is 49.6 Å². The SMILES string of the molecule is C=C(CN1C(=O)C2(CC(Oc3ccc4[nH]ncc4n3)C2)c2c(F)cccc21)N1C[C@@H](C(F)(F)F)OC[C@@H]1C. The highest BCUT2D eigenvalue weighted by atomic mass is 19.4. The Morgan fingerprint density at radius 1 is 1.29 bits per heavy atom. The zero-order valence-corrected chi connectivity index (χ0v) is 20.5. The number of hydrogen-bond donors (Lipinski definition) is 1. The fraction of sp³-hybridized carbons (Fsp3) is 0.423. The molecule has 38 heavy (non-hydrogen) atoms. The van der Waals surface area contributed by atoms with E-state index in [1.54, 1.807) is 31.3 Å². The molecule has 3 aliphatic rings. The number of carbonyl (C=O) groups excluding carboxylic acids is 1. The predicted molar refractivity (Wildman–Crippen MR) is 129 cm³/mol. The average Bonchev–Trinajstić information content (AvgIpc) is 3.40. The third-order valence-corrected chi connectivity index (χ3v) is 7.67. The highest BCUT2D eigenvalue weighted by Gasteiger charge is 2.61. The largest absolute Gasteiger partial charge is 0.474 e. The molecule has 0 radical (unpaired) electrons. The molecule has 2 aliphatic heterocycles. The summed E-state index contributed by atoms with van der Waals surface area (Å²) in [4.78, 5) is 21.1. The van der Waals surface area contributed by atoms with Crippen LogP contribution in [0, 0.1) is 5.82 Å². The van der Waals surface area contributed by atoms with Crippen LogP contribution in [0.15, 0.2) is 48.8 Å². The first-order valence-corrected chi connectivity index (χ1v) is 12.3. The maximum absolute atomic E-state index is 15.2. The molecule has 1 spiro atoms. The lowest BCUT2D eigenvalue weighted by Gasteiger charge is -2.44. The Bertz CT molecular complexity index is 1420. The summed E-state index contributed by atoms with van der Waals surface area (Å²) in [6, 6.07) is 7.61. The van der Waals surface area contributed by atoms with E-state index in [1.807, 2.05) is 0 Å². The highest BCUT2D eigenvalue weighted by Crippen LogP contribution is 2.55. The second kappa shape index (κ2) is 8.69. The Morgan fingerprint density at radius 2 is 2.08 bits per heavy atom. The van der Waals surface area contributed by atoms with Gasteiger partial charge in [-0.3, -0.25) is 9.89 Å². The molecular formula is C26H25F4N5O3. The van der Waals surface area contributed by atoms with Gasteiger partial charge in [-0.15, -0.1) is 0 Å². The van der Waals surface area contributed by atoms with Gasteiger partial charge < -0.3 is 19.3 Å². The van der Waals surface area contributed by atoms with E-state index in [1.165, 1.54) is 21.9 Å². The van der Waals surface area contributed by atoms with Gasteiger partial charge in [-0.25, -0.2) is 9.37 Å². The van der Waals surface area contributed by atoms with E-state index in [0.29, 0.717) is 28.3 Å². The van der Waals surface area contributed by atoms with Gasteiger partial charge in [0.2, 0.25) is 11.8 Å². The Labute approximate surface area is 215 Å². The maximum Gasteiger partial charge on any atom is 0.416 e. The summed E-state index contributed by atoms with van der Waals surface area (Å²) in [5, 5.41) is 6.75. The fourth-order valence-electron chi connectivity index (χ4n) is 5.74. The topological polar surface area (TPSA) is 83.6 Å². The van der Waals surface area contributed by atoms with Crippen LogP contribution in [-0.4, -0.2) is 70.1 Å². The van der Waals surface area contributed by atoms with Gasteiger partial charge in [0.05, 0.1) is 42.5 Å². The molecule has 200 valence electrons. The molecule has 8 nitrogen and oxygen atoms in total. The van der Waals surface area contributed by atoms with Gasteiger partial charge in [-0.1, -0.05) is 12.6 Å². The molecule has 2 fully saturated rings. The van der Waals surface area contributed by atoms with Crippen molar-refractivity contribution < 1.29 is 31.8 Å². The second-order valence-corrected chi connectivity index (χ2v) is 10.1. The lowest BCUT2D eigenvalue weighted by atomic mass is 9.63. The summed E-state index contributed by atoms with van der Waals surface area (Å²) in [6.45, 7) is 5.13. The van der Waals surface area contributed by atoms with Gasteiger partial charge in [0.15, 0.2) is 6.10 Å². The number of amides is 1. The minimum atomic E-state index is -4.51. The average molecular weight is 532 g/mol. The molecule has 3 aromatic rings. The van der Waals surface area contributed by atoms with E-state index in [9.17, 15) is 18.0 Å². The van der Waals surface area contributed by atoms with E-state index >= 15 is 4.39 Å². The molecule has 2 atom stereocenters. The maximum atomic E-state index is 15.2. The zero-order chi connectivity index (χ0) is 26.8. The van der Waals surface area contributed by atoms with Crippen molar-refractivity contribution in [2.24, 2.45) is 0 Å². The number of halogens is 4. The van der Waals surface area contributed by atoms with Crippen molar-refractivity contribution in [2.75, 3.05) is 24.6 Å². The van der Waals surface area contributed by atoms with Gasteiger partial charge in [-0.2, -0.15) is 18.3 Å². The van der Waals surface area contributed by atoms with Gasteiger partial charge in [0, 0.05) is 36.2 Å². The number of benzene rings is 1. The van der Waals surface area contributed by atoms with Crippen molar-refractivity contribution in [3.05, 3.63) is 60.2 Å². The van der Waals surface area contributed by atoms with Crippen LogP contribution in [0.2, 0.25) is 0 Å². The number of aromatic amines is 1. The minimum absolute atomic E-state index is 0.0593. The number of nitrogens with zero attached hydrogens (tertiary/aromatic N) is 4. The minimum Gasteiger partial charge on any atom is -0.474 e. The van der Waals surface area contributed by atoms with Crippen molar-refractivity contribution in [1.29, 1.82) is 0 Å². The van der Waals surface area contributed by atoms with Crippen LogP contribution in [0.5, 0.6) is 5.88 Å². The molecule has 2 aromatic heterocycles. The van der Waals surface area contributed by atoms with Crippen LogP contribution in [0.4, 0.5) is 23.2 Å². The quantitative estimate of drug-likeness (QED) is 0.500. The molecule has 12 heteroatoms. The standard InChI is InChI=1S/C26H25F4N5O3/c1-14(34-12-21(26(28,29)30)37-13-15(34)2)11-35-20-5-3-4-17(27)23(20)25(24(35)36)8-16(9-25)38-22-7-6-18-19(32-22)10-31-33-18/h3-7,10,15-16,21H,1,8-9,11-13H2,2H3,(H,31,33)/t15-,16?,21-,25?/m0/s1. The number of alkyl halides is 3. The lowest BCUT2D eigenvalue weighted by Crippen LogP contribution is -2.56. The number of anilines is 1. The number of rotatable bonds is 5. The summed E-state index contributed by atoms with van der Waals surface area (Å²) < 4.78 is 66.1. The Morgan fingerprint density at radius 3 is 2.84 bits per heavy atom. The number of aromatic nitrogens is 3.